The molecule has 6 rings (SSSR count). The Morgan fingerprint density at radius 2 is 1.97 bits per heavy atom. The van der Waals surface area contributed by atoms with Crippen molar-refractivity contribution < 1.29 is 30.6 Å². The molecule has 1 saturated heterocycles. The van der Waals surface area contributed by atoms with E-state index in [1.807, 2.05) is 30.3 Å². The minimum Gasteiger partial charge on any atom is -0.467 e. The number of aliphatic hydroxyl groups is 1. The van der Waals surface area contributed by atoms with Gasteiger partial charge in [-0.25, -0.2) is 13.4 Å². The molecule has 1 atom stereocenters. The Kier molecular flexibility index (Phi) is 6.43. The van der Waals surface area contributed by atoms with E-state index in [1.165, 1.54) is 4.31 Å². The number of aromatic nitrogens is 1. The van der Waals surface area contributed by atoms with Crippen molar-refractivity contribution in [3.63, 3.8) is 0 Å². The number of anilines is 1. The predicted molar refractivity (Wildman–Crippen MR) is 144 cm³/mol. The first-order chi connectivity index (χ1) is 18.4. The zero-order valence-corrected chi connectivity index (χ0v) is 21.6. The summed E-state index contributed by atoms with van der Waals surface area (Å²) >= 11 is 0. The van der Waals surface area contributed by atoms with Crippen LogP contribution in [-0.4, -0.2) is 54.7 Å². The zero-order chi connectivity index (χ0) is 26.3. The van der Waals surface area contributed by atoms with Crippen LogP contribution in [0.15, 0.2) is 65.6 Å². The van der Waals surface area contributed by atoms with Gasteiger partial charge in [0.25, 0.3) is 0 Å². The van der Waals surface area contributed by atoms with Gasteiger partial charge in [-0.3, -0.25) is 4.79 Å². The van der Waals surface area contributed by atoms with Crippen molar-refractivity contribution >= 4 is 21.7 Å². The third kappa shape index (κ3) is 4.47. The molecule has 38 heavy (non-hydrogen) atoms. The average Bonchev–Trinajstić information content (AvgIpc) is 3.62. The topological polar surface area (TPSA) is 118 Å². The third-order valence-electron chi connectivity index (χ3n) is 7.63. The summed E-state index contributed by atoms with van der Waals surface area (Å²) in [5.74, 6) is 1.12. The molecule has 10 heteroatoms. The Labute approximate surface area is 224 Å². The molecule has 3 aliphatic rings. The standard InChI is InChI=1S/C28H29N3O6S.2H2/c32-16-22-3-2-14-31(22)38(34,35)23-9-6-19(7-10-23)24-4-1-5-26(29-24)30-27(33)28(12-13-28)21-8-11-25-20(15-21)17-36-18-37-25;;/h1,4-11,15,22,32H,2-3,12-14,16-18H2,(H,29,30,33);2*1H/t22-;;/m1../s1. The second kappa shape index (κ2) is 9.77. The predicted octanol–water partition coefficient (Wildman–Crippen LogP) is 3.92. The number of amides is 1. The molecule has 0 spiro atoms. The molecule has 0 bridgehead atoms. The number of ether oxygens (including phenoxy) is 2. The molecule has 1 aliphatic carbocycles. The molecule has 2 N–H and O–H groups in total. The van der Waals surface area contributed by atoms with Gasteiger partial charge in [-0.15, -0.1) is 0 Å². The maximum Gasteiger partial charge on any atom is 0.243 e. The number of hydrogen-bond donors (Lipinski definition) is 2. The summed E-state index contributed by atoms with van der Waals surface area (Å²) in [5, 5.41) is 12.5. The van der Waals surface area contributed by atoms with Gasteiger partial charge in [0.1, 0.15) is 11.6 Å². The van der Waals surface area contributed by atoms with Crippen molar-refractivity contribution in [1.29, 1.82) is 0 Å². The van der Waals surface area contributed by atoms with Gasteiger partial charge in [0.2, 0.25) is 15.9 Å². The molecule has 0 unspecified atom stereocenters. The first-order valence-corrected chi connectivity index (χ1v) is 14.2. The largest absolute Gasteiger partial charge is 0.467 e. The zero-order valence-electron chi connectivity index (χ0n) is 20.8. The van der Waals surface area contributed by atoms with Crippen molar-refractivity contribution in [2.24, 2.45) is 0 Å². The van der Waals surface area contributed by atoms with Crippen molar-refractivity contribution in [3.8, 4) is 17.0 Å². The van der Waals surface area contributed by atoms with Crippen LogP contribution in [0.5, 0.6) is 5.75 Å². The van der Waals surface area contributed by atoms with E-state index >= 15 is 0 Å². The summed E-state index contributed by atoms with van der Waals surface area (Å²) in [6, 6.07) is 17.4. The van der Waals surface area contributed by atoms with Crippen molar-refractivity contribution in [2.75, 3.05) is 25.3 Å². The average molecular weight is 540 g/mol. The van der Waals surface area contributed by atoms with Crippen LogP contribution in [0.1, 0.15) is 39.7 Å². The first-order valence-electron chi connectivity index (χ1n) is 12.8. The Morgan fingerprint density at radius 1 is 1.16 bits per heavy atom. The van der Waals surface area contributed by atoms with Gasteiger partial charge in [-0.1, -0.05) is 24.3 Å². The summed E-state index contributed by atoms with van der Waals surface area (Å²) < 4.78 is 38.4. The Hall–Kier alpha value is -3.31. The van der Waals surface area contributed by atoms with E-state index in [4.69, 9.17) is 9.47 Å². The molecule has 0 radical (unpaired) electrons. The van der Waals surface area contributed by atoms with E-state index in [-0.39, 0.29) is 33.1 Å². The van der Waals surface area contributed by atoms with Crippen LogP contribution in [0.4, 0.5) is 5.82 Å². The number of fused-ring (bicyclic) bond motifs is 1. The monoisotopic (exact) mass is 539 g/mol. The van der Waals surface area contributed by atoms with Gasteiger partial charge < -0.3 is 19.9 Å². The summed E-state index contributed by atoms with van der Waals surface area (Å²) in [6.07, 6.45) is 2.90. The van der Waals surface area contributed by atoms with Gasteiger partial charge in [0.05, 0.1) is 29.2 Å². The van der Waals surface area contributed by atoms with Crippen molar-refractivity contribution in [1.82, 2.24) is 9.29 Å². The van der Waals surface area contributed by atoms with E-state index in [2.05, 4.69) is 10.3 Å². The lowest BCUT2D eigenvalue weighted by atomic mass is 9.93. The van der Waals surface area contributed by atoms with Crippen LogP contribution in [0, 0.1) is 0 Å². The molecular weight excluding hydrogens is 506 g/mol. The first kappa shape index (κ1) is 25.0. The number of nitrogens with zero attached hydrogens (tertiary/aromatic N) is 2. The number of aliphatic hydroxyl groups excluding tert-OH is 1. The highest BCUT2D eigenvalue weighted by atomic mass is 32.2. The Morgan fingerprint density at radius 3 is 2.74 bits per heavy atom. The minimum absolute atomic E-state index is 0. The lowest BCUT2D eigenvalue weighted by Crippen LogP contribution is -2.37. The summed E-state index contributed by atoms with van der Waals surface area (Å²) in [7, 11) is -3.68. The summed E-state index contributed by atoms with van der Waals surface area (Å²) in [6.45, 7) is 0.926. The fourth-order valence-electron chi connectivity index (χ4n) is 5.30. The molecule has 9 nitrogen and oxygen atoms in total. The maximum absolute atomic E-state index is 13.3. The maximum atomic E-state index is 13.3. The smallest absolute Gasteiger partial charge is 0.243 e. The number of hydrogen-bond acceptors (Lipinski definition) is 7. The van der Waals surface area contributed by atoms with Crippen molar-refractivity contribution in [3.05, 3.63) is 71.8 Å². The molecule has 1 aromatic heterocycles. The molecule has 2 aromatic carbocycles. The molecule has 2 aliphatic heterocycles. The molecule has 2 fully saturated rings. The van der Waals surface area contributed by atoms with Crippen LogP contribution in [-0.2, 0) is 31.6 Å². The number of pyridine rings is 1. The number of carbonyl (C=O) groups excluding carboxylic acids is 1. The van der Waals surface area contributed by atoms with E-state index in [0.29, 0.717) is 31.1 Å². The Balaban J connectivity index is 0.00000185. The number of nitrogens with one attached hydrogen (secondary N) is 1. The van der Waals surface area contributed by atoms with Gasteiger partial charge in [-0.2, -0.15) is 4.31 Å². The number of rotatable bonds is 7. The van der Waals surface area contributed by atoms with Crippen LogP contribution >= 0.6 is 0 Å². The highest BCUT2D eigenvalue weighted by molar-refractivity contribution is 7.89. The van der Waals surface area contributed by atoms with E-state index in [0.717, 1.165) is 41.7 Å². The molecule has 3 heterocycles. The highest BCUT2D eigenvalue weighted by Gasteiger charge is 2.51. The van der Waals surface area contributed by atoms with Crippen LogP contribution in [0.25, 0.3) is 11.3 Å². The fourth-order valence-corrected chi connectivity index (χ4v) is 6.99. The third-order valence-corrected chi connectivity index (χ3v) is 9.60. The lowest BCUT2D eigenvalue weighted by molar-refractivity contribution is -0.118. The SMILES string of the molecule is O=C(Nc1cccc(-c2ccc(S(=O)(=O)N3CCC[C@@H]3CO)cc2)n1)C1(c2ccc3c(c2)COCO3)CC1.[HH].[HH]. The highest BCUT2D eigenvalue weighted by Crippen LogP contribution is 2.50. The summed E-state index contributed by atoms with van der Waals surface area (Å²) in [4.78, 5) is 18.1. The van der Waals surface area contributed by atoms with Crippen LogP contribution in [0.2, 0.25) is 0 Å². The van der Waals surface area contributed by atoms with Crippen LogP contribution < -0.4 is 10.1 Å². The second-order valence-corrected chi connectivity index (χ2v) is 11.9. The molecule has 3 aromatic rings. The normalized spacial score (nSPS) is 20.4. The second-order valence-electron chi connectivity index (χ2n) is 10.00. The van der Waals surface area contributed by atoms with E-state index < -0.39 is 15.4 Å². The number of sulfonamides is 1. The van der Waals surface area contributed by atoms with Gasteiger partial charge in [0, 0.05) is 26.6 Å². The number of carbonyl (C=O) groups is 1. The van der Waals surface area contributed by atoms with Gasteiger partial charge in [0.15, 0.2) is 6.79 Å². The van der Waals surface area contributed by atoms with Gasteiger partial charge >= 0.3 is 0 Å². The van der Waals surface area contributed by atoms with Gasteiger partial charge in [-0.05, 0) is 67.6 Å². The molecule has 202 valence electrons. The minimum atomic E-state index is -3.68. The molecular formula is C28H33N3O6S. The van der Waals surface area contributed by atoms with Crippen LogP contribution in [0.3, 0.4) is 0 Å². The molecule has 1 amide bonds. The molecule has 1 saturated carbocycles. The fraction of sp³-hybridized carbons (Fsp3) is 0.357. The lowest BCUT2D eigenvalue weighted by Gasteiger charge is -2.22. The Bertz CT molecular complexity index is 1480. The van der Waals surface area contributed by atoms with E-state index in [9.17, 15) is 18.3 Å². The quantitative estimate of drug-likeness (QED) is 0.467. The number of benzene rings is 2. The van der Waals surface area contributed by atoms with Crippen molar-refractivity contribution in [2.45, 2.75) is 48.6 Å². The summed E-state index contributed by atoms with van der Waals surface area (Å²) in [5.41, 5.74) is 2.64. The van der Waals surface area contributed by atoms with E-state index in [1.54, 1.807) is 30.3 Å².